The molecule has 0 aliphatic heterocycles. The predicted octanol–water partition coefficient (Wildman–Crippen LogP) is 3.44. The highest BCUT2D eigenvalue weighted by Gasteiger charge is 2.27. The Balaban J connectivity index is 3.36. The van der Waals surface area contributed by atoms with Crippen LogP contribution in [0.3, 0.4) is 0 Å². The maximum absolute atomic E-state index is 10.7. The average Bonchev–Trinajstić information content (AvgIpc) is 2.11. The lowest BCUT2D eigenvalue weighted by Crippen LogP contribution is -2.14. The van der Waals surface area contributed by atoms with E-state index in [0.29, 0.717) is 11.8 Å². The van der Waals surface area contributed by atoms with Gasteiger partial charge < -0.3 is 0 Å². The fraction of sp³-hybridized carbons (Fsp3) is 0.364. The SMILES string of the molecule is Cc1cc(C)c(C(Cl)(Cl)C=O)cc1C. The molecule has 3 heteroatoms. The monoisotopic (exact) mass is 230 g/mol. The molecular formula is C11H12Cl2O. The zero-order valence-electron chi connectivity index (χ0n) is 8.40. The van der Waals surface area contributed by atoms with Crippen LogP contribution in [0.4, 0.5) is 0 Å². The Labute approximate surface area is 94.0 Å². The lowest BCUT2D eigenvalue weighted by molar-refractivity contribution is -0.108. The Kier molecular flexibility index (Phi) is 3.23. The summed E-state index contributed by atoms with van der Waals surface area (Å²) in [6.45, 7) is 5.87. The average molecular weight is 231 g/mol. The molecule has 0 fully saturated rings. The molecule has 0 heterocycles. The molecule has 1 aromatic carbocycles. The quantitative estimate of drug-likeness (QED) is 0.562. The Morgan fingerprint density at radius 2 is 1.57 bits per heavy atom. The number of aldehydes is 1. The lowest BCUT2D eigenvalue weighted by Gasteiger charge is -2.17. The van der Waals surface area contributed by atoms with Crippen LogP contribution in [-0.2, 0) is 9.13 Å². The van der Waals surface area contributed by atoms with Crippen LogP contribution < -0.4 is 0 Å². The summed E-state index contributed by atoms with van der Waals surface area (Å²) in [7, 11) is 0. The van der Waals surface area contributed by atoms with E-state index in [0.717, 1.165) is 11.1 Å². The van der Waals surface area contributed by atoms with Crippen LogP contribution in [-0.4, -0.2) is 6.29 Å². The maximum Gasteiger partial charge on any atom is 0.198 e. The first-order chi connectivity index (χ1) is 6.38. The van der Waals surface area contributed by atoms with E-state index < -0.39 is 4.33 Å². The van der Waals surface area contributed by atoms with Crippen LogP contribution in [0.25, 0.3) is 0 Å². The van der Waals surface area contributed by atoms with Crippen LogP contribution in [0, 0.1) is 20.8 Å². The zero-order valence-corrected chi connectivity index (χ0v) is 9.91. The second-order valence-corrected chi connectivity index (χ2v) is 4.88. The molecule has 0 spiro atoms. The highest BCUT2D eigenvalue weighted by Crippen LogP contribution is 2.34. The van der Waals surface area contributed by atoms with Gasteiger partial charge >= 0.3 is 0 Å². The van der Waals surface area contributed by atoms with Crippen molar-refractivity contribution in [1.29, 1.82) is 0 Å². The number of halogens is 2. The van der Waals surface area contributed by atoms with Crippen molar-refractivity contribution in [2.75, 3.05) is 0 Å². The number of carbonyl (C=O) groups is 1. The van der Waals surface area contributed by atoms with Crippen LogP contribution in [0.5, 0.6) is 0 Å². The normalized spacial score (nSPS) is 11.5. The Bertz CT molecular complexity index is 370. The third-order valence-corrected chi connectivity index (χ3v) is 2.93. The van der Waals surface area contributed by atoms with E-state index in [1.807, 2.05) is 32.9 Å². The third kappa shape index (κ3) is 2.10. The number of benzene rings is 1. The number of hydrogen-bond acceptors (Lipinski definition) is 1. The second kappa shape index (κ2) is 3.92. The van der Waals surface area contributed by atoms with Crippen molar-refractivity contribution in [3.05, 3.63) is 34.4 Å². The molecule has 0 unspecified atom stereocenters. The van der Waals surface area contributed by atoms with Crippen LogP contribution in [0.15, 0.2) is 12.1 Å². The summed E-state index contributed by atoms with van der Waals surface area (Å²) in [6.07, 6.45) is 0.549. The van der Waals surface area contributed by atoms with Crippen molar-refractivity contribution in [3.8, 4) is 0 Å². The Morgan fingerprint density at radius 1 is 1.07 bits per heavy atom. The van der Waals surface area contributed by atoms with Crippen LogP contribution in [0.1, 0.15) is 22.3 Å². The molecule has 1 nitrogen and oxygen atoms in total. The van der Waals surface area contributed by atoms with Gasteiger partial charge in [0.05, 0.1) is 0 Å². The molecular weight excluding hydrogens is 219 g/mol. The Morgan fingerprint density at radius 3 is 2.07 bits per heavy atom. The molecule has 0 bridgehead atoms. The van der Waals surface area contributed by atoms with Gasteiger partial charge in [0.2, 0.25) is 0 Å². The molecule has 14 heavy (non-hydrogen) atoms. The first-order valence-electron chi connectivity index (χ1n) is 4.31. The predicted molar refractivity (Wildman–Crippen MR) is 60.1 cm³/mol. The molecule has 0 aliphatic rings. The van der Waals surface area contributed by atoms with E-state index in [1.165, 1.54) is 5.56 Å². The van der Waals surface area contributed by atoms with E-state index in [2.05, 4.69) is 0 Å². The number of alkyl halides is 2. The molecule has 1 aromatic rings. The molecule has 0 N–H and O–H groups in total. The van der Waals surface area contributed by atoms with E-state index in [4.69, 9.17) is 23.2 Å². The van der Waals surface area contributed by atoms with Crippen LogP contribution in [0.2, 0.25) is 0 Å². The fourth-order valence-electron chi connectivity index (χ4n) is 1.38. The summed E-state index contributed by atoms with van der Waals surface area (Å²) in [5, 5.41) is 0. The summed E-state index contributed by atoms with van der Waals surface area (Å²) < 4.78 is -1.43. The topological polar surface area (TPSA) is 17.1 Å². The number of carbonyl (C=O) groups excluding carboxylic acids is 1. The third-order valence-electron chi connectivity index (χ3n) is 2.35. The van der Waals surface area contributed by atoms with Crippen molar-refractivity contribution in [1.82, 2.24) is 0 Å². The second-order valence-electron chi connectivity index (χ2n) is 3.49. The van der Waals surface area contributed by atoms with Gasteiger partial charge in [-0.05, 0) is 43.0 Å². The van der Waals surface area contributed by atoms with Gasteiger partial charge in [-0.2, -0.15) is 0 Å². The van der Waals surface area contributed by atoms with Gasteiger partial charge in [-0.25, -0.2) is 0 Å². The maximum atomic E-state index is 10.7. The smallest absolute Gasteiger partial charge is 0.198 e. The van der Waals surface area contributed by atoms with E-state index >= 15 is 0 Å². The molecule has 0 saturated heterocycles. The van der Waals surface area contributed by atoms with Crippen molar-refractivity contribution in [2.45, 2.75) is 25.1 Å². The molecule has 0 atom stereocenters. The van der Waals surface area contributed by atoms with E-state index in [9.17, 15) is 4.79 Å². The van der Waals surface area contributed by atoms with E-state index in [1.54, 1.807) is 0 Å². The first kappa shape index (κ1) is 11.5. The summed E-state index contributed by atoms with van der Waals surface area (Å²) in [4.78, 5) is 10.7. The van der Waals surface area contributed by atoms with Gasteiger partial charge in [-0.1, -0.05) is 35.3 Å². The minimum atomic E-state index is -1.43. The number of hydrogen-bond donors (Lipinski definition) is 0. The standard InChI is InChI=1S/C11H12Cl2O/c1-7-4-9(3)10(5-8(7)2)11(12,13)6-14/h4-6H,1-3H3. The van der Waals surface area contributed by atoms with Crippen molar-refractivity contribution < 1.29 is 4.79 Å². The highest BCUT2D eigenvalue weighted by molar-refractivity contribution is 6.55. The lowest BCUT2D eigenvalue weighted by atomic mass is 9.99. The van der Waals surface area contributed by atoms with Crippen molar-refractivity contribution >= 4 is 29.5 Å². The van der Waals surface area contributed by atoms with Crippen LogP contribution >= 0.6 is 23.2 Å². The minimum absolute atomic E-state index is 0.549. The summed E-state index contributed by atoms with van der Waals surface area (Å²) in [6, 6.07) is 3.84. The fourth-order valence-corrected chi connectivity index (χ4v) is 1.79. The largest absolute Gasteiger partial charge is 0.300 e. The number of rotatable bonds is 2. The summed E-state index contributed by atoms with van der Waals surface area (Å²) >= 11 is 11.7. The molecule has 0 radical (unpaired) electrons. The molecule has 0 amide bonds. The minimum Gasteiger partial charge on any atom is -0.300 e. The zero-order chi connectivity index (χ0) is 10.9. The van der Waals surface area contributed by atoms with Crippen molar-refractivity contribution in [3.63, 3.8) is 0 Å². The molecule has 0 aromatic heterocycles. The molecule has 1 rings (SSSR count). The van der Waals surface area contributed by atoms with Gasteiger partial charge in [0.1, 0.15) is 0 Å². The molecule has 76 valence electrons. The van der Waals surface area contributed by atoms with E-state index in [-0.39, 0.29) is 0 Å². The van der Waals surface area contributed by atoms with Crippen molar-refractivity contribution in [2.24, 2.45) is 0 Å². The van der Waals surface area contributed by atoms with Gasteiger partial charge in [0, 0.05) is 0 Å². The van der Waals surface area contributed by atoms with Gasteiger partial charge in [0.15, 0.2) is 10.6 Å². The van der Waals surface area contributed by atoms with Gasteiger partial charge in [-0.3, -0.25) is 4.79 Å². The number of aryl methyl sites for hydroxylation is 3. The van der Waals surface area contributed by atoms with Gasteiger partial charge in [-0.15, -0.1) is 0 Å². The summed E-state index contributed by atoms with van der Waals surface area (Å²) in [5.74, 6) is 0. The molecule has 0 aliphatic carbocycles. The van der Waals surface area contributed by atoms with Gasteiger partial charge in [0.25, 0.3) is 0 Å². The Hall–Kier alpha value is -0.530. The first-order valence-corrected chi connectivity index (χ1v) is 5.06. The summed E-state index contributed by atoms with van der Waals surface area (Å²) in [5.41, 5.74) is 3.85. The highest BCUT2D eigenvalue weighted by atomic mass is 35.5. The molecule has 0 saturated carbocycles.